The van der Waals surface area contributed by atoms with Crippen molar-refractivity contribution < 1.29 is 9.63 Å². The Morgan fingerprint density at radius 2 is 2.07 bits per heavy atom. The molecule has 82 valence electrons. The monoisotopic (exact) mass is 201 g/mol. The zero-order valence-electron chi connectivity index (χ0n) is 8.82. The molecule has 1 rings (SSSR count). The van der Waals surface area contributed by atoms with Crippen LogP contribution in [0.1, 0.15) is 26.7 Å². The second-order valence-corrected chi connectivity index (χ2v) is 3.93. The van der Waals surface area contributed by atoms with Gasteiger partial charge in [-0.05, 0) is 26.7 Å². The molecular formula is C9H19N3O2. The van der Waals surface area contributed by atoms with E-state index >= 15 is 0 Å². The van der Waals surface area contributed by atoms with Crippen molar-refractivity contribution in [3.8, 4) is 0 Å². The number of rotatable bonds is 2. The number of carbonyl (C=O) groups excluding carboxylic acids is 1. The second kappa shape index (κ2) is 5.17. The molecule has 14 heavy (non-hydrogen) atoms. The van der Waals surface area contributed by atoms with Crippen LogP contribution in [0.4, 0.5) is 4.79 Å². The topological polar surface area (TPSA) is 67.6 Å². The van der Waals surface area contributed by atoms with Crippen LogP contribution < -0.4 is 11.2 Å². The molecule has 0 aromatic carbocycles. The summed E-state index contributed by atoms with van der Waals surface area (Å²) in [7, 11) is 0. The quantitative estimate of drug-likeness (QED) is 0.638. The van der Waals surface area contributed by atoms with Crippen LogP contribution in [-0.4, -0.2) is 36.2 Å². The van der Waals surface area contributed by atoms with Gasteiger partial charge in [-0.2, -0.15) is 0 Å². The van der Waals surface area contributed by atoms with E-state index in [0.717, 1.165) is 25.9 Å². The first-order chi connectivity index (χ1) is 6.63. The molecule has 1 aliphatic rings. The Labute approximate surface area is 84.5 Å². The van der Waals surface area contributed by atoms with Gasteiger partial charge in [0.05, 0.1) is 6.10 Å². The lowest BCUT2D eigenvalue weighted by Crippen LogP contribution is -2.48. The lowest BCUT2D eigenvalue weighted by atomic mass is 10.1. The van der Waals surface area contributed by atoms with Crippen molar-refractivity contribution in [2.45, 2.75) is 38.8 Å². The van der Waals surface area contributed by atoms with Gasteiger partial charge in [0.25, 0.3) is 0 Å². The number of likely N-dealkylation sites (tertiary alicyclic amines) is 1. The van der Waals surface area contributed by atoms with Crippen LogP contribution in [-0.2, 0) is 4.84 Å². The van der Waals surface area contributed by atoms with Crippen LogP contribution in [0.5, 0.6) is 0 Å². The smallest absolute Gasteiger partial charge is 0.317 e. The summed E-state index contributed by atoms with van der Waals surface area (Å²) in [6.07, 6.45) is 1.75. The van der Waals surface area contributed by atoms with E-state index in [1.54, 1.807) is 4.90 Å². The van der Waals surface area contributed by atoms with E-state index in [2.05, 4.69) is 5.32 Å². The van der Waals surface area contributed by atoms with Crippen molar-refractivity contribution in [1.82, 2.24) is 10.2 Å². The minimum atomic E-state index is 0.00970. The first kappa shape index (κ1) is 11.3. The summed E-state index contributed by atoms with van der Waals surface area (Å²) in [4.78, 5) is 18.1. The number of amides is 2. The van der Waals surface area contributed by atoms with Crippen LogP contribution in [0.15, 0.2) is 0 Å². The Balaban J connectivity index is 2.30. The van der Waals surface area contributed by atoms with E-state index < -0.39 is 0 Å². The Bertz CT molecular complexity index is 188. The average Bonchev–Trinajstić information content (AvgIpc) is 2.17. The molecule has 0 aromatic heterocycles. The SMILES string of the molecule is CC(C)NC(=O)N1CCC(ON)CC1. The summed E-state index contributed by atoms with van der Waals surface area (Å²) in [6.45, 7) is 5.35. The van der Waals surface area contributed by atoms with Gasteiger partial charge in [-0.1, -0.05) is 0 Å². The highest BCUT2D eigenvalue weighted by atomic mass is 16.6. The number of nitrogens with zero attached hydrogens (tertiary/aromatic N) is 1. The number of hydrogen-bond acceptors (Lipinski definition) is 3. The molecule has 1 saturated heterocycles. The maximum atomic E-state index is 11.5. The molecule has 5 nitrogen and oxygen atoms in total. The summed E-state index contributed by atoms with van der Waals surface area (Å²) in [6, 6.07) is 0.196. The van der Waals surface area contributed by atoms with Crippen molar-refractivity contribution in [1.29, 1.82) is 0 Å². The van der Waals surface area contributed by atoms with Gasteiger partial charge in [-0.25, -0.2) is 10.7 Å². The molecule has 5 heteroatoms. The number of piperidine rings is 1. The predicted octanol–water partition coefficient (Wildman–Crippen LogP) is 0.459. The minimum Gasteiger partial charge on any atom is -0.336 e. The summed E-state index contributed by atoms with van der Waals surface area (Å²) in [5, 5.41) is 2.86. The van der Waals surface area contributed by atoms with E-state index in [4.69, 9.17) is 10.7 Å². The molecule has 2 amide bonds. The first-order valence-corrected chi connectivity index (χ1v) is 5.04. The average molecular weight is 201 g/mol. The Morgan fingerprint density at radius 1 is 1.50 bits per heavy atom. The standard InChI is InChI=1S/C9H19N3O2/c1-7(2)11-9(13)12-5-3-8(14-10)4-6-12/h7-8H,3-6,10H2,1-2H3,(H,11,13). The largest absolute Gasteiger partial charge is 0.336 e. The molecule has 0 aromatic rings. The van der Waals surface area contributed by atoms with Gasteiger partial charge in [0, 0.05) is 19.1 Å². The molecule has 0 aliphatic carbocycles. The van der Waals surface area contributed by atoms with E-state index in [1.165, 1.54) is 0 Å². The summed E-state index contributed by atoms with van der Waals surface area (Å²) in [5.74, 6) is 5.09. The van der Waals surface area contributed by atoms with Gasteiger partial charge in [0.1, 0.15) is 0 Å². The number of urea groups is 1. The first-order valence-electron chi connectivity index (χ1n) is 5.04. The zero-order chi connectivity index (χ0) is 10.6. The molecule has 0 saturated carbocycles. The minimum absolute atomic E-state index is 0.00970. The second-order valence-electron chi connectivity index (χ2n) is 3.93. The Kier molecular flexibility index (Phi) is 4.16. The highest BCUT2D eigenvalue weighted by Gasteiger charge is 2.22. The Morgan fingerprint density at radius 3 is 2.50 bits per heavy atom. The van der Waals surface area contributed by atoms with Crippen LogP contribution in [0.3, 0.4) is 0 Å². The number of carbonyl (C=O) groups is 1. The third-order valence-electron chi connectivity index (χ3n) is 2.33. The van der Waals surface area contributed by atoms with Gasteiger partial charge in [-0.3, -0.25) is 0 Å². The maximum absolute atomic E-state index is 11.5. The molecule has 1 heterocycles. The molecule has 0 spiro atoms. The molecule has 1 aliphatic heterocycles. The van der Waals surface area contributed by atoms with E-state index in [9.17, 15) is 4.79 Å². The lowest BCUT2D eigenvalue weighted by molar-refractivity contribution is 0.0139. The highest BCUT2D eigenvalue weighted by molar-refractivity contribution is 5.74. The van der Waals surface area contributed by atoms with Gasteiger partial charge in [-0.15, -0.1) is 0 Å². The summed E-state index contributed by atoms with van der Waals surface area (Å²) < 4.78 is 0. The lowest BCUT2D eigenvalue weighted by Gasteiger charge is -2.31. The summed E-state index contributed by atoms with van der Waals surface area (Å²) >= 11 is 0. The number of nitrogens with one attached hydrogen (secondary N) is 1. The zero-order valence-corrected chi connectivity index (χ0v) is 8.82. The third kappa shape index (κ3) is 3.16. The van der Waals surface area contributed by atoms with Crippen LogP contribution in [0.2, 0.25) is 0 Å². The van der Waals surface area contributed by atoms with E-state index in [-0.39, 0.29) is 18.2 Å². The summed E-state index contributed by atoms with van der Waals surface area (Å²) in [5.41, 5.74) is 0. The van der Waals surface area contributed by atoms with Gasteiger partial charge in [0.15, 0.2) is 0 Å². The third-order valence-corrected chi connectivity index (χ3v) is 2.33. The molecular weight excluding hydrogens is 182 g/mol. The van der Waals surface area contributed by atoms with Crippen molar-refractivity contribution in [3.05, 3.63) is 0 Å². The molecule has 0 atom stereocenters. The van der Waals surface area contributed by atoms with Gasteiger partial charge in [0.2, 0.25) is 0 Å². The molecule has 3 N–H and O–H groups in total. The van der Waals surface area contributed by atoms with Crippen LogP contribution >= 0.6 is 0 Å². The molecule has 1 fully saturated rings. The van der Waals surface area contributed by atoms with Crippen molar-refractivity contribution in [3.63, 3.8) is 0 Å². The normalized spacial score (nSPS) is 18.7. The molecule has 0 radical (unpaired) electrons. The number of hydrogen-bond donors (Lipinski definition) is 2. The van der Waals surface area contributed by atoms with Crippen LogP contribution in [0, 0.1) is 0 Å². The van der Waals surface area contributed by atoms with Gasteiger partial charge >= 0.3 is 6.03 Å². The maximum Gasteiger partial charge on any atom is 0.317 e. The van der Waals surface area contributed by atoms with Crippen molar-refractivity contribution >= 4 is 6.03 Å². The fourth-order valence-electron chi connectivity index (χ4n) is 1.53. The predicted molar refractivity (Wildman–Crippen MR) is 53.5 cm³/mol. The van der Waals surface area contributed by atoms with E-state index in [1.807, 2.05) is 13.8 Å². The molecule has 0 unspecified atom stereocenters. The van der Waals surface area contributed by atoms with Crippen molar-refractivity contribution in [2.75, 3.05) is 13.1 Å². The van der Waals surface area contributed by atoms with E-state index in [0.29, 0.717) is 0 Å². The van der Waals surface area contributed by atoms with Crippen molar-refractivity contribution in [2.24, 2.45) is 5.90 Å². The highest BCUT2D eigenvalue weighted by Crippen LogP contribution is 2.11. The van der Waals surface area contributed by atoms with Gasteiger partial charge < -0.3 is 15.1 Å². The fourth-order valence-corrected chi connectivity index (χ4v) is 1.53. The molecule has 0 bridgehead atoms. The Hall–Kier alpha value is -0.810. The number of nitrogens with two attached hydrogens (primary N) is 1. The fraction of sp³-hybridized carbons (Fsp3) is 0.889. The van der Waals surface area contributed by atoms with Crippen LogP contribution in [0.25, 0.3) is 0 Å².